The van der Waals surface area contributed by atoms with E-state index in [9.17, 15) is 4.79 Å². The molecule has 0 amide bonds. The number of carbonyl (C=O) groups is 1. The topological polar surface area (TPSA) is 17.1 Å². The zero-order valence-electron chi connectivity index (χ0n) is 3.47. The lowest BCUT2D eigenvalue weighted by Gasteiger charge is -1.65. The summed E-state index contributed by atoms with van der Waals surface area (Å²) in [5.74, 6) is 0. The van der Waals surface area contributed by atoms with Crippen LogP contribution in [0.4, 0.5) is 0 Å². The predicted molar refractivity (Wildman–Crippen MR) is 27.4 cm³/mol. The highest BCUT2D eigenvalue weighted by Gasteiger charge is 1.77. The average molecular weight is 101 g/mol. The summed E-state index contributed by atoms with van der Waals surface area (Å²) in [5.41, 5.74) is 0. The number of hydrogen-bond donors (Lipinski definition) is 0. The van der Waals surface area contributed by atoms with Crippen LogP contribution in [0.1, 0.15) is 6.92 Å². The van der Waals surface area contributed by atoms with Crippen LogP contribution in [-0.2, 0) is 4.79 Å². The number of rotatable bonds is 1. The molecular weight excluding hydrogens is 96.1 g/mol. The largest absolute Gasteiger partial charge is 0.277 e. The summed E-state index contributed by atoms with van der Waals surface area (Å²) in [5, 5.41) is -0.308. The molecule has 0 heterocycles. The van der Waals surface area contributed by atoms with Crippen LogP contribution in [-0.4, -0.2) is 5.12 Å². The maximum atomic E-state index is 9.77. The van der Waals surface area contributed by atoms with E-state index in [4.69, 9.17) is 0 Å². The first kappa shape index (κ1) is 5.63. The molecule has 0 aliphatic heterocycles. The van der Waals surface area contributed by atoms with Crippen molar-refractivity contribution >= 4 is 17.7 Å². The Hall–Kier alpha value is -0.370. The van der Waals surface area contributed by atoms with Crippen molar-refractivity contribution in [3.8, 4) is 0 Å². The second-order valence-electron chi connectivity index (χ2n) is 0.819. The van der Waals surface area contributed by atoms with Crippen LogP contribution in [0.2, 0.25) is 0 Å². The van der Waals surface area contributed by atoms with Gasteiger partial charge in [-0.05, 0) is 25.6 Å². The molecule has 0 aromatic rings. The second kappa shape index (κ2) is 2.85. The van der Waals surface area contributed by atoms with Crippen LogP contribution < -0.4 is 0 Å². The molecule has 0 aromatic heterocycles. The van der Waals surface area contributed by atoms with Crippen molar-refractivity contribution in [2.75, 3.05) is 0 Å². The van der Waals surface area contributed by atoms with E-state index in [2.05, 4.69) is 12.6 Å². The maximum absolute atomic E-state index is 9.77. The van der Waals surface area contributed by atoms with Gasteiger partial charge >= 0.3 is 0 Å². The Morgan fingerprint density at radius 3 is 2.33 bits per heavy atom. The maximum Gasteiger partial charge on any atom is 0.241 e. The molecule has 0 bridgehead atoms. The first-order chi connectivity index (χ1) is 2.77. The molecule has 2 heteroatoms. The van der Waals surface area contributed by atoms with Crippen LogP contribution >= 0.6 is 12.6 Å². The Balaban J connectivity index is 3.30. The van der Waals surface area contributed by atoms with E-state index in [0.717, 1.165) is 0 Å². The minimum Gasteiger partial charge on any atom is -0.277 e. The molecule has 0 fully saturated rings. The molecule has 0 atom stereocenters. The fourth-order valence-electron chi connectivity index (χ4n) is 0.136. The smallest absolute Gasteiger partial charge is 0.241 e. The minimum absolute atomic E-state index is 0.308. The summed E-state index contributed by atoms with van der Waals surface area (Å²) in [7, 11) is 0. The first-order valence-electron chi connectivity index (χ1n) is 1.61. The SMILES string of the molecule is CC=CC(=O)[S]. The predicted octanol–water partition coefficient (Wildman–Crippen LogP) is 1.29. The van der Waals surface area contributed by atoms with Crippen molar-refractivity contribution in [1.82, 2.24) is 0 Å². The van der Waals surface area contributed by atoms with Gasteiger partial charge in [0.25, 0.3) is 0 Å². The van der Waals surface area contributed by atoms with Crippen molar-refractivity contribution in [3.05, 3.63) is 12.2 Å². The molecule has 0 aliphatic carbocycles. The monoisotopic (exact) mass is 101 g/mol. The average Bonchev–Trinajstić information content (AvgIpc) is 1.35. The molecule has 0 unspecified atom stereocenters. The molecule has 0 spiro atoms. The van der Waals surface area contributed by atoms with Gasteiger partial charge in [-0.1, -0.05) is 6.08 Å². The van der Waals surface area contributed by atoms with E-state index in [1.165, 1.54) is 6.08 Å². The summed E-state index contributed by atoms with van der Waals surface area (Å²) >= 11 is 4.15. The van der Waals surface area contributed by atoms with Crippen LogP contribution in [0.5, 0.6) is 0 Å². The quantitative estimate of drug-likeness (QED) is 0.455. The van der Waals surface area contributed by atoms with Crippen LogP contribution in [0.3, 0.4) is 0 Å². The number of allylic oxidation sites excluding steroid dienone is 1. The Morgan fingerprint density at radius 1 is 1.83 bits per heavy atom. The molecular formula is C4H5OS. The fourth-order valence-corrected chi connectivity index (χ4v) is 0.272. The second-order valence-corrected chi connectivity index (χ2v) is 1.22. The molecule has 0 saturated heterocycles. The molecule has 0 aliphatic rings. The Labute approximate surface area is 42.5 Å². The number of hydrogen-bond acceptors (Lipinski definition) is 1. The molecule has 0 aromatic carbocycles. The van der Waals surface area contributed by atoms with Gasteiger partial charge in [-0.2, -0.15) is 0 Å². The number of carbonyl (C=O) groups excluding carboxylic acids is 1. The van der Waals surface area contributed by atoms with Crippen LogP contribution in [0.25, 0.3) is 0 Å². The van der Waals surface area contributed by atoms with Crippen molar-refractivity contribution in [3.63, 3.8) is 0 Å². The van der Waals surface area contributed by atoms with Gasteiger partial charge in [0.2, 0.25) is 5.12 Å². The van der Waals surface area contributed by atoms with Gasteiger partial charge in [0.1, 0.15) is 0 Å². The lowest BCUT2D eigenvalue weighted by atomic mass is 10.6. The summed E-state index contributed by atoms with van der Waals surface area (Å²) in [6.45, 7) is 1.75. The van der Waals surface area contributed by atoms with Gasteiger partial charge < -0.3 is 0 Å². The van der Waals surface area contributed by atoms with E-state index >= 15 is 0 Å². The highest BCUT2D eigenvalue weighted by molar-refractivity contribution is 7.97. The third-order valence-corrected chi connectivity index (χ3v) is 0.439. The van der Waals surface area contributed by atoms with Crippen LogP contribution in [0.15, 0.2) is 12.2 Å². The van der Waals surface area contributed by atoms with E-state index in [1.807, 2.05) is 0 Å². The lowest BCUT2D eigenvalue weighted by Crippen LogP contribution is -1.70. The van der Waals surface area contributed by atoms with Gasteiger partial charge in [0, 0.05) is 0 Å². The van der Waals surface area contributed by atoms with Gasteiger partial charge in [0.15, 0.2) is 0 Å². The molecule has 0 saturated carbocycles. The zero-order chi connectivity index (χ0) is 4.99. The highest BCUT2D eigenvalue weighted by atomic mass is 32.1. The molecule has 6 heavy (non-hydrogen) atoms. The van der Waals surface area contributed by atoms with Crippen molar-refractivity contribution in [1.29, 1.82) is 0 Å². The van der Waals surface area contributed by atoms with Crippen LogP contribution in [0, 0.1) is 0 Å². The fraction of sp³-hybridized carbons (Fsp3) is 0.250. The Morgan fingerprint density at radius 2 is 2.33 bits per heavy atom. The normalized spacial score (nSPS) is 9.50. The highest BCUT2D eigenvalue weighted by Crippen LogP contribution is 1.77. The van der Waals surface area contributed by atoms with Gasteiger partial charge in [-0.15, -0.1) is 0 Å². The van der Waals surface area contributed by atoms with E-state index < -0.39 is 0 Å². The Kier molecular flexibility index (Phi) is 2.67. The molecule has 33 valence electrons. The first-order valence-corrected chi connectivity index (χ1v) is 2.02. The zero-order valence-corrected chi connectivity index (χ0v) is 4.29. The molecule has 1 nitrogen and oxygen atoms in total. The van der Waals surface area contributed by atoms with Crippen molar-refractivity contribution in [2.45, 2.75) is 6.92 Å². The van der Waals surface area contributed by atoms with E-state index in [0.29, 0.717) is 0 Å². The third kappa shape index (κ3) is 3.63. The summed E-state index contributed by atoms with van der Waals surface area (Å²) < 4.78 is 0. The van der Waals surface area contributed by atoms with Gasteiger partial charge in [0.05, 0.1) is 0 Å². The van der Waals surface area contributed by atoms with E-state index in [-0.39, 0.29) is 5.12 Å². The van der Waals surface area contributed by atoms with Gasteiger partial charge in [-0.3, -0.25) is 4.79 Å². The third-order valence-electron chi connectivity index (χ3n) is 0.303. The van der Waals surface area contributed by atoms with E-state index in [1.54, 1.807) is 13.0 Å². The standard InChI is InChI=1S/C4H5OS/c1-2-3-4(5)6/h2-3H,1H3. The summed E-state index contributed by atoms with van der Waals surface area (Å²) in [6.07, 6.45) is 2.96. The molecule has 1 radical (unpaired) electrons. The summed E-state index contributed by atoms with van der Waals surface area (Å²) in [6, 6.07) is 0. The van der Waals surface area contributed by atoms with Crippen molar-refractivity contribution in [2.24, 2.45) is 0 Å². The van der Waals surface area contributed by atoms with Crippen molar-refractivity contribution < 1.29 is 4.79 Å². The Bertz CT molecular complexity index is 75.6. The van der Waals surface area contributed by atoms with Gasteiger partial charge in [-0.25, -0.2) is 0 Å². The minimum atomic E-state index is -0.308. The molecule has 0 N–H and O–H groups in total. The summed E-state index contributed by atoms with van der Waals surface area (Å²) in [4.78, 5) is 9.77. The molecule has 0 rings (SSSR count). The lowest BCUT2D eigenvalue weighted by molar-refractivity contribution is -0.106.